The molecule has 13 heavy (non-hydrogen) atoms. The summed E-state index contributed by atoms with van der Waals surface area (Å²) in [5, 5.41) is 4.15. The van der Waals surface area contributed by atoms with Gasteiger partial charge in [-0.05, 0) is 51.7 Å². The molecule has 1 aliphatic carbocycles. The molecule has 0 amide bonds. The van der Waals surface area contributed by atoms with Crippen molar-refractivity contribution < 1.29 is 0 Å². The second-order valence-electron chi connectivity index (χ2n) is 4.29. The van der Waals surface area contributed by atoms with E-state index in [1.54, 1.807) is 0 Å². The average molecular weight is 200 g/mol. The number of hydrogen-bond donors (Lipinski definition) is 1. The van der Waals surface area contributed by atoms with E-state index in [9.17, 15) is 0 Å². The molecule has 1 rings (SSSR count). The van der Waals surface area contributed by atoms with E-state index in [2.05, 4.69) is 38.0 Å². The molecule has 1 fully saturated rings. The quantitative estimate of drug-likeness (QED) is 0.702. The maximum Gasteiger partial charge on any atom is 0.169 e. The Kier molecular flexibility index (Phi) is 3.54. The normalized spacial score (nSPS) is 18.5. The minimum absolute atomic E-state index is 0.432. The lowest BCUT2D eigenvalue weighted by Crippen LogP contribution is -2.45. The third-order valence-corrected chi connectivity index (χ3v) is 3.05. The molecular formula is C10H20N2S. The topological polar surface area (TPSA) is 15.3 Å². The minimum Gasteiger partial charge on any atom is -0.360 e. The molecule has 0 aliphatic heterocycles. The Balaban J connectivity index is 2.36. The van der Waals surface area contributed by atoms with Crippen molar-refractivity contribution >= 4 is 17.3 Å². The second-order valence-corrected chi connectivity index (χ2v) is 4.68. The summed E-state index contributed by atoms with van der Waals surface area (Å²) in [7, 11) is 2.08. The molecule has 0 aromatic rings. The summed E-state index contributed by atoms with van der Waals surface area (Å²) in [6, 6.07) is 1.03. The van der Waals surface area contributed by atoms with Crippen molar-refractivity contribution in [2.24, 2.45) is 5.92 Å². The van der Waals surface area contributed by atoms with Crippen LogP contribution in [-0.4, -0.2) is 29.1 Å². The summed E-state index contributed by atoms with van der Waals surface area (Å²) in [5.41, 5.74) is 0. The molecule has 1 unspecified atom stereocenters. The van der Waals surface area contributed by atoms with Crippen LogP contribution in [0.25, 0.3) is 0 Å². The van der Waals surface area contributed by atoms with Gasteiger partial charge < -0.3 is 10.2 Å². The van der Waals surface area contributed by atoms with E-state index in [-0.39, 0.29) is 0 Å². The van der Waals surface area contributed by atoms with Crippen LogP contribution in [0, 0.1) is 5.92 Å². The molecule has 0 aromatic heterocycles. The number of nitrogens with one attached hydrogen (secondary N) is 1. The highest BCUT2D eigenvalue weighted by Crippen LogP contribution is 2.34. The van der Waals surface area contributed by atoms with Gasteiger partial charge >= 0.3 is 0 Å². The van der Waals surface area contributed by atoms with Gasteiger partial charge in [0.05, 0.1) is 0 Å². The van der Waals surface area contributed by atoms with Gasteiger partial charge in [-0.3, -0.25) is 0 Å². The SMILES string of the molecule is CC(C)NC(=S)N(C)C(C)C1CC1. The van der Waals surface area contributed by atoms with Crippen LogP contribution in [0.2, 0.25) is 0 Å². The third-order valence-electron chi connectivity index (χ3n) is 2.65. The zero-order valence-electron chi connectivity index (χ0n) is 9.00. The smallest absolute Gasteiger partial charge is 0.169 e. The van der Waals surface area contributed by atoms with Gasteiger partial charge in [-0.2, -0.15) is 0 Å². The first kappa shape index (κ1) is 10.8. The van der Waals surface area contributed by atoms with Crippen molar-refractivity contribution in [3.05, 3.63) is 0 Å². The van der Waals surface area contributed by atoms with E-state index in [0.29, 0.717) is 12.1 Å². The third kappa shape index (κ3) is 3.14. The highest BCUT2D eigenvalue weighted by molar-refractivity contribution is 7.80. The van der Waals surface area contributed by atoms with Crippen molar-refractivity contribution in [1.82, 2.24) is 10.2 Å². The van der Waals surface area contributed by atoms with E-state index in [1.807, 2.05) is 0 Å². The standard InChI is InChI=1S/C10H20N2S/c1-7(2)11-10(13)12(4)8(3)9-5-6-9/h7-9H,5-6H2,1-4H3,(H,11,13). The lowest BCUT2D eigenvalue weighted by Gasteiger charge is -2.28. The fourth-order valence-electron chi connectivity index (χ4n) is 1.43. The van der Waals surface area contributed by atoms with Crippen molar-refractivity contribution in [2.75, 3.05) is 7.05 Å². The first-order valence-electron chi connectivity index (χ1n) is 5.05. The molecule has 0 aromatic carbocycles. The molecule has 0 saturated heterocycles. The number of rotatable bonds is 3. The van der Waals surface area contributed by atoms with E-state index in [4.69, 9.17) is 12.2 Å². The Bertz CT molecular complexity index is 187. The summed E-state index contributed by atoms with van der Waals surface area (Å²) in [5.74, 6) is 0.872. The summed E-state index contributed by atoms with van der Waals surface area (Å²) in [4.78, 5) is 2.19. The van der Waals surface area contributed by atoms with Gasteiger partial charge in [0.15, 0.2) is 5.11 Å². The Labute approximate surface area is 86.7 Å². The predicted octanol–water partition coefficient (Wildman–Crippen LogP) is 2.00. The van der Waals surface area contributed by atoms with Gasteiger partial charge in [0.1, 0.15) is 0 Å². The van der Waals surface area contributed by atoms with Crippen LogP contribution in [0.5, 0.6) is 0 Å². The molecule has 0 heterocycles. The molecule has 1 aliphatic rings. The van der Waals surface area contributed by atoms with Crippen LogP contribution < -0.4 is 5.32 Å². The fourth-order valence-corrected chi connectivity index (χ4v) is 1.83. The molecule has 76 valence electrons. The summed E-state index contributed by atoms with van der Waals surface area (Å²) in [6.45, 7) is 6.48. The largest absolute Gasteiger partial charge is 0.360 e. The van der Waals surface area contributed by atoms with Gasteiger partial charge in [0, 0.05) is 19.1 Å². The van der Waals surface area contributed by atoms with Crippen LogP contribution in [0.15, 0.2) is 0 Å². The highest BCUT2D eigenvalue weighted by atomic mass is 32.1. The molecular weight excluding hydrogens is 180 g/mol. The van der Waals surface area contributed by atoms with Crippen molar-refractivity contribution in [3.8, 4) is 0 Å². The van der Waals surface area contributed by atoms with E-state index in [1.165, 1.54) is 12.8 Å². The lowest BCUT2D eigenvalue weighted by atomic mass is 10.2. The van der Waals surface area contributed by atoms with Crippen LogP contribution in [0.4, 0.5) is 0 Å². The van der Waals surface area contributed by atoms with Gasteiger partial charge in [0.25, 0.3) is 0 Å². The maximum atomic E-state index is 5.29. The number of thiocarbonyl (C=S) groups is 1. The number of hydrogen-bond acceptors (Lipinski definition) is 1. The van der Waals surface area contributed by atoms with Crippen LogP contribution >= 0.6 is 12.2 Å². The Morgan fingerprint density at radius 3 is 2.31 bits per heavy atom. The van der Waals surface area contributed by atoms with Gasteiger partial charge in [-0.1, -0.05) is 0 Å². The van der Waals surface area contributed by atoms with Gasteiger partial charge in [0.2, 0.25) is 0 Å². The molecule has 0 bridgehead atoms. The van der Waals surface area contributed by atoms with Crippen LogP contribution in [0.3, 0.4) is 0 Å². The second kappa shape index (κ2) is 4.27. The van der Waals surface area contributed by atoms with Gasteiger partial charge in [-0.25, -0.2) is 0 Å². The van der Waals surface area contributed by atoms with Crippen LogP contribution in [0.1, 0.15) is 33.6 Å². The lowest BCUT2D eigenvalue weighted by molar-refractivity contribution is 0.346. The zero-order valence-corrected chi connectivity index (χ0v) is 9.82. The molecule has 1 atom stereocenters. The van der Waals surface area contributed by atoms with Gasteiger partial charge in [-0.15, -0.1) is 0 Å². The molecule has 2 nitrogen and oxygen atoms in total. The van der Waals surface area contributed by atoms with E-state index in [0.717, 1.165) is 11.0 Å². The van der Waals surface area contributed by atoms with E-state index >= 15 is 0 Å². The minimum atomic E-state index is 0.432. The Hall–Kier alpha value is -0.310. The van der Waals surface area contributed by atoms with Crippen molar-refractivity contribution in [1.29, 1.82) is 0 Å². The van der Waals surface area contributed by atoms with Crippen molar-refractivity contribution in [2.45, 2.75) is 45.7 Å². The molecule has 1 N–H and O–H groups in total. The first-order chi connectivity index (χ1) is 6.02. The first-order valence-corrected chi connectivity index (χ1v) is 5.46. The van der Waals surface area contributed by atoms with Crippen LogP contribution in [-0.2, 0) is 0 Å². The molecule has 0 spiro atoms. The molecule has 1 saturated carbocycles. The average Bonchev–Trinajstić information content (AvgIpc) is 2.82. The summed E-state index contributed by atoms with van der Waals surface area (Å²) < 4.78 is 0. The Morgan fingerprint density at radius 1 is 1.38 bits per heavy atom. The zero-order chi connectivity index (χ0) is 10.0. The predicted molar refractivity (Wildman–Crippen MR) is 60.8 cm³/mol. The van der Waals surface area contributed by atoms with Crippen molar-refractivity contribution in [3.63, 3.8) is 0 Å². The number of nitrogens with zero attached hydrogens (tertiary/aromatic N) is 1. The summed E-state index contributed by atoms with van der Waals surface area (Å²) >= 11 is 5.29. The summed E-state index contributed by atoms with van der Waals surface area (Å²) in [6.07, 6.45) is 2.74. The molecule has 3 heteroatoms. The molecule has 0 radical (unpaired) electrons. The fraction of sp³-hybridized carbons (Fsp3) is 0.900. The highest BCUT2D eigenvalue weighted by Gasteiger charge is 2.31. The maximum absolute atomic E-state index is 5.29. The monoisotopic (exact) mass is 200 g/mol. The van der Waals surface area contributed by atoms with E-state index < -0.39 is 0 Å². The Morgan fingerprint density at radius 2 is 1.92 bits per heavy atom.